The van der Waals surface area contributed by atoms with Gasteiger partial charge in [0, 0.05) is 55.8 Å². The minimum Gasteiger partial charge on any atom is -0.346 e. The monoisotopic (exact) mass is 875 g/mol. The van der Waals surface area contributed by atoms with E-state index in [1.54, 1.807) is 11.3 Å². The Bertz CT molecular complexity index is 2540. The van der Waals surface area contributed by atoms with Gasteiger partial charge >= 0.3 is 21.1 Å². The van der Waals surface area contributed by atoms with Gasteiger partial charge in [0.25, 0.3) is 0 Å². The number of fused-ring (bicyclic) bond motifs is 5. The molecule has 0 saturated carbocycles. The van der Waals surface area contributed by atoms with Gasteiger partial charge in [0.05, 0.1) is 0 Å². The van der Waals surface area contributed by atoms with Crippen LogP contribution in [0.1, 0.15) is 52.8 Å². The number of anilines is 3. The summed E-state index contributed by atoms with van der Waals surface area (Å²) in [5, 5.41) is 4.84. The van der Waals surface area contributed by atoms with Crippen LogP contribution in [-0.2, 0) is 32.9 Å². The van der Waals surface area contributed by atoms with Crippen LogP contribution in [0.15, 0.2) is 122 Å². The summed E-state index contributed by atoms with van der Waals surface area (Å²) in [5.74, 6) is 0. The average Bonchev–Trinajstić information content (AvgIpc) is 3.51. The Morgan fingerprint density at radius 2 is 1.33 bits per heavy atom. The molecule has 0 bridgehead atoms. The number of para-hydroxylation sites is 1. The van der Waals surface area contributed by atoms with E-state index in [2.05, 4.69) is 162 Å². The van der Waals surface area contributed by atoms with Gasteiger partial charge in [-0.15, -0.1) is 71.0 Å². The molecule has 4 aromatic carbocycles. The van der Waals surface area contributed by atoms with Gasteiger partial charge in [-0.3, -0.25) is 4.98 Å². The van der Waals surface area contributed by atoms with Crippen molar-refractivity contribution in [1.82, 2.24) is 15.0 Å². The van der Waals surface area contributed by atoms with Crippen LogP contribution in [0.5, 0.6) is 0 Å². The number of hydrogen-bond donors (Lipinski definition) is 0. The molecule has 4 aromatic heterocycles. The third-order valence-corrected chi connectivity index (χ3v) is 10.5. The Morgan fingerprint density at radius 3 is 2.06 bits per heavy atom. The van der Waals surface area contributed by atoms with Crippen LogP contribution >= 0.6 is 11.3 Å². The van der Waals surface area contributed by atoms with Crippen molar-refractivity contribution in [3.63, 3.8) is 0 Å². The molecule has 0 atom stereocenters. The predicted molar refractivity (Wildman–Crippen MR) is 215 cm³/mol. The first kappa shape index (κ1) is 35.7. The van der Waals surface area contributed by atoms with E-state index >= 15 is 0 Å². The van der Waals surface area contributed by atoms with Gasteiger partial charge in [0.1, 0.15) is 0 Å². The summed E-state index contributed by atoms with van der Waals surface area (Å²) < 4.78 is 2.39. The van der Waals surface area contributed by atoms with Crippen molar-refractivity contribution >= 4 is 59.3 Å². The van der Waals surface area contributed by atoms with Gasteiger partial charge < -0.3 is 14.9 Å². The summed E-state index contributed by atoms with van der Waals surface area (Å²) in [5.41, 5.74) is 9.13. The Morgan fingerprint density at radius 1 is 0.635 bits per heavy atom. The van der Waals surface area contributed by atoms with Gasteiger partial charge in [0.15, 0.2) is 0 Å². The van der Waals surface area contributed by atoms with E-state index < -0.39 is 0 Å². The van der Waals surface area contributed by atoms with Gasteiger partial charge in [0.2, 0.25) is 0 Å². The van der Waals surface area contributed by atoms with Crippen LogP contribution in [0, 0.1) is 17.5 Å². The third kappa shape index (κ3) is 7.05. The summed E-state index contributed by atoms with van der Waals surface area (Å²) in [6.07, 6.45) is 6.82. The summed E-state index contributed by atoms with van der Waals surface area (Å²) in [4.78, 5) is 16.8. The SMILES string of the molecule is CC(C)(C)Cc1cc2ccc3c4ccnc(-c5[c-]c(N(c6[c-]c(-c7cc(C(C)(C)C)ccn7)ccc6)c6ccccc6)ccc5)c4sc3c2cn1.[Pt+2]. The predicted octanol–water partition coefficient (Wildman–Crippen LogP) is 12.7. The number of thiophene rings is 1. The Labute approximate surface area is 324 Å². The van der Waals surface area contributed by atoms with Gasteiger partial charge in [-0.2, -0.15) is 0 Å². The van der Waals surface area contributed by atoms with Gasteiger partial charge in [-0.25, -0.2) is 0 Å². The van der Waals surface area contributed by atoms with Crippen LogP contribution in [0.4, 0.5) is 17.1 Å². The normalized spacial score (nSPS) is 12.0. The van der Waals surface area contributed by atoms with Crippen molar-refractivity contribution in [1.29, 1.82) is 0 Å². The van der Waals surface area contributed by atoms with Crippen LogP contribution < -0.4 is 4.90 Å². The fourth-order valence-electron chi connectivity index (χ4n) is 6.75. The Hall–Kier alpha value is -4.70. The molecule has 0 radical (unpaired) electrons. The number of aromatic nitrogens is 3. The van der Waals surface area contributed by atoms with E-state index in [9.17, 15) is 0 Å². The molecule has 0 spiro atoms. The molecular weight excluding hydrogens is 836 g/mol. The molecule has 8 rings (SSSR count). The zero-order chi connectivity index (χ0) is 35.3. The number of nitrogens with zero attached hydrogens (tertiary/aromatic N) is 4. The van der Waals surface area contributed by atoms with Crippen LogP contribution in [0.2, 0.25) is 0 Å². The smallest absolute Gasteiger partial charge is 0.346 e. The summed E-state index contributed by atoms with van der Waals surface area (Å²) >= 11 is 1.79. The quantitative estimate of drug-likeness (QED) is 0.156. The van der Waals surface area contributed by atoms with Crippen molar-refractivity contribution in [2.45, 2.75) is 53.4 Å². The number of rotatable bonds is 6. The van der Waals surface area contributed by atoms with Crippen molar-refractivity contribution in [3.05, 3.63) is 145 Å². The number of pyridine rings is 3. The van der Waals surface area contributed by atoms with Gasteiger partial charge in [-0.05, 0) is 81.0 Å². The molecule has 0 fully saturated rings. The standard InChI is InChI=1S/C46H40N4S.Pt/c1-45(2,3)28-34-24-30-18-19-38-39-21-23-48-42(44(39)51-43(38)40(30)29-49-34)32-13-11-17-37(26-32)50(35-14-8-7-9-15-35)36-16-10-12-31(25-36)41-27-33(20-22-47-41)46(4,5)6;/h7-24,27,29H,28H2,1-6H3;/q-2;+2. The van der Waals surface area contributed by atoms with E-state index in [4.69, 9.17) is 15.0 Å². The average molecular weight is 876 g/mol. The second-order valence-electron chi connectivity index (χ2n) is 15.5. The van der Waals surface area contributed by atoms with Crippen molar-refractivity contribution in [2.24, 2.45) is 5.41 Å². The largest absolute Gasteiger partial charge is 2.00 e. The summed E-state index contributed by atoms with van der Waals surface area (Å²) in [6, 6.07) is 43.6. The molecule has 0 aliphatic heterocycles. The third-order valence-electron chi connectivity index (χ3n) is 9.23. The molecule has 0 amide bonds. The maximum atomic E-state index is 4.96. The summed E-state index contributed by atoms with van der Waals surface area (Å²) in [6.45, 7) is 13.4. The second-order valence-corrected chi connectivity index (χ2v) is 16.5. The van der Waals surface area contributed by atoms with Crippen molar-refractivity contribution in [2.75, 3.05) is 4.90 Å². The zero-order valence-electron chi connectivity index (χ0n) is 30.3. The van der Waals surface area contributed by atoms with Crippen molar-refractivity contribution < 1.29 is 21.1 Å². The molecule has 52 heavy (non-hydrogen) atoms. The molecule has 6 heteroatoms. The van der Waals surface area contributed by atoms with E-state index in [0.717, 1.165) is 56.4 Å². The molecule has 8 aromatic rings. The molecule has 0 aliphatic rings. The topological polar surface area (TPSA) is 41.9 Å². The minimum atomic E-state index is 0. The maximum Gasteiger partial charge on any atom is 2.00 e. The zero-order valence-corrected chi connectivity index (χ0v) is 33.4. The minimum absolute atomic E-state index is 0. The molecule has 0 aliphatic carbocycles. The van der Waals surface area contributed by atoms with Crippen LogP contribution in [0.25, 0.3) is 53.5 Å². The molecule has 260 valence electrons. The Kier molecular flexibility index (Phi) is 9.63. The first-order chi connectivity index (χ1) is 24.5. The number of hydrogen-bond acceptors (Lipinski definition) is 5. The molecule has 0 unspecified atom stereocenters. The maximum absolute atomic E-state index is 4.96. The molecular formula is C46H40N4PtS. The van der Waals surface area contributed by atoms with E-state index in [-0.39, 0.29) is 31.9 Å². The fraction of sp³-hybridized carbons (Fsp3) is 0.196. The van der Waals surface area contributed by atoms with E-state index in [1.807, 2.05) is 18.5 Å². The fourth-order valence-corrected chi connectivity index (χ4v) is 8.07. The van der Waals surface area contributed by atoms with E-state index in [1.165, 1.54) is 31.8 Å². The first-order valence-corrected chi connectivity index (χ1v) is 18.3. The van der Waals surface area contributed by atoms with E-state index in [0.29, 0.717) is 0 Å². The molecule has 4 heterocycles. The van der Waals surface area contributed by atoms with Crippen LogP contribution in [0.3, 0.4) is 0 Å². The van der Waals surface area contributed by atoms with Gasteiger partial charge in [-0.1, -0.05) is 77.9 Å². The Balaban J connectivity index is 0.00000420. The van der Waals surface area contributed by atoms with Crippen molar-refractivity contribution in [3.8, 4) is 22.5 Å². The molecule has 0 N–H and O–H groups in total. The second kappa shape index (κ2) is 14.0. The van der Waals surface area contributed by atoms with Crippen LogP contribution in [-0.4, -0.2) is 15.0 Å². The summed E-state index contributed by atoms with van der Waals surface area (Å²) in [7, 11) is 0. The number of benzene rings is 4. The first-order valence-electron chi connectivity index (χ1n) is 17.5. The molecule has 0 saturated heterocycles. The molecule has 4 nitrogen and oxygen atoms in total.